The molecular formula is C26H29F2N7S. The minimum atomic E-state index is -0.616. The van der Waals surface area contributed by atoms with Gasteiger partial charge in [0.25, 0.3) is 0 Å². The minimum absolute atomic E-state index is 0.0377. The maximum absolute atomic E-state index is 15.0. The highest BCUT2D eigenvalue weighted by atomic mass is 32.2. The average molecular weight is 510 g/mol. The summed E-state index contributed by atoms with van der Waals surface area (Å²) in [5.74, 6) is -0.284. The lowest BCUT2D eigenvalue weighted by atomic mass is 10.0. The van der Waals surface area contributed by atoms with Crippen LogP contribution in [0.25, 0.3) is 17.3 Å². The zero-order valence-electron chi connectivity index (χ0n) is 20.6. The number of aromatic nitrogens is 3. The van der Waals surface area contributed by atoms with Gasteiger partial charge in [-0.3, -0.25) is 0 Å². The van der Waals surface area contributed by atoms with Gasteiger partial charge in [0.15, 0.2) is 5.82 Å². The molecule has 0 radical (unpaired) electrons. The van der Waals surface area contributed by atoms with Crippen molar-refractivity contribution >= 4 is 41.2 Å². The first kappa shape index (κ1) is 24.5. The molecule has 2 aromatic heterocycles. The molecule has 2 aliphatic heterocycles. The fourth-order valence-corrected chi connectivity index (χ4v) is 5.06. The molecule has 0 atom stereocenters. The summed E-state index contributed by atoms with van der Waals surface area (Å²) in [6.45, 7) is 8.65. The number of fused-ring (bicyclic) bond motifs is 1. The van der Waals surface area contributed by atoms with Crippen molar-refractivity contribution in [1.82, 2.24) is 19.3 Å². The summed E-state index contributed by atoms with van der Waals surface area (Å²) in [6, 6.07) is 7.14. The number of pyridine rings is 1. The van der Waals surface area contributed by atoms with Crippen molar-refractivity contribution in [2.24, 2.45) is 0 Å². The van der Waals surface area contributed by atoms with Crippen molar-refractivity contribution in [2.45, 2.75) is 19.9 Å². The van der Waals surface area contributed by atoms with Crippen LogP contribution in [0.5, 0.6) is 0 Å². The highest BCUT2D eigenvalue weighted by molar-refractivity contribution is 7.96. The molecule has 10 heteroatoms. The molecule has 1 fully saturated rings. The molecule has 0 spiro atoms. The van der Waals surface area contributed by atoms with Crippen LogP contribution in [-0.4, -0.2) is 64.3 Å². The average Bonchev–Trinajstić information content (AvgIpc) is 2.90. The maximum Gasteiger partial charge on any atom is 0.229 e. The highest BCUT2D eigenvalue weighted by Gasteiger charge is 2.22. The first-order chi connectivity index (χ1) is 17.4. The summed E-state index contributed by atoms with van der Waals surface area (Å²) in [4.78, 5) is 17.3. The van der Waals surface area contributed by atoms with Gasteiger partial charge in [-0.25, -0.2) is 28.0 Å². The van der Waals surface area contributed by atoms with E-state index in [-0.39, 0.29) is 17.7 Å². The predicted molar refractivity (Wildman–Crippen MR) is 144 cm³/mol. The van der Waals surface area contributed by atoms with E-state index in [1.165, 1.54) is 6.07 Å². The number of halogens is 2. The molecular weight excluding hydrogens is 480 g/mol. The largest absolute Gasteiger partial charge is 0.368 e. The van der Waals surface area contributed by atoms with Gasteiger partial charge in [0.2, 0.25) is 5.95 Å². The Morgan fingerprint density at radius 1 is 1.00 bits per heavy atom. The Labute approximate surface area is 214 Å². The second-order valence-corrected chi connectivity index (χ2v) is 9.94. The van der Waals surface area contributed by atoms with E-state index in [0.717, 1.165) is 43.8 Å². The fourth-order valence-electron chi connectivity index (χ4n) is 4.53. The first-order valence-electron chi connectivity index (χ1n) is 12.0. The Hall–Kier alpha value is -3.24. The summed E-state index contributed by atoms with van der Waals surface area (Å²) >= 11 is 1.77. The molecule has 4 heterocycles. The zero-order chi connectivity index (χ0) is 25.2. The number of nitrogens with one attached hydrogen (secondary N) is 1. The van der Waals surface area contributed by atoms with E-state index >= 15 is 0 Å². The van der Waals surface area contributed by atoms with Crippen molar-refractivity contribution in [2.75, 3.05) is 54.1 Å². The number of rotatable bonds is 6. The molecule has 5 rings (SSSR count). The normalized spacial score (nSPS) is 15.9. The zero-order valence-corrected chi connectivity index (χ0v) is 21.4. The van der Waals surface area contributed by atoms with Crippen LogP contribution >= 0.6 is 11.9 Å². The first-order valence-corrected chi connectivity index (χ1v) is 13.2. The van der Waals surface area contributed by atoms with Crippen LogP contribution in [0.2, 0.25) is 0 Å². The Kier molecular flexibility index (Phi) is 7.06. The summed E-state index contributed by atoms with van der Waals surface area (Å²) < 4.78 is 32.1. The molecule has 0 aliphatic carbocycles. The van der Waals surface area contributed by atoms with Gasteiger partial charge >= 0.3 is 0 Å². The molecule has 0 saturated carbocycles. The van der Waals surface area contributed by atoms with Crippen LogP contribution in [0, 0.1) is 11.6 Å². The molecule has 3 aromatic rings. The SMILES string of the molecule is CSN1CCN(c2ccc(Nc3ncc(F)c(-c4cc(F)c5c(c4)N(C(C)C)CC=C5)n3)nc2)CC1. The van der Waals surface area contributed by atoms with Crippen LogP contribution in [0.1, 0.15) is 19.4 Å². The number of piperazine rings is 1. The van der Waals surface area contributed by atoms with E-state index in [2.05, 4.69) is 40.6 Å². The fraction of sp³-hybridized carbons (Fsp3) is 0.346. The van der Waals surface area contributed by atoms with Crippen molar-refractivity contribution in [3.63, 3.8) is 0 Å². The van der Waals surface area contributed by atoms with Gasteiger partial charge in [-0.15, -0.1) is 0 Å². The van der Waals surface area contributed by atoms with Crippen molar-refractivity contribution in [1.29, 1.82) is 0 Å². The smallest absolute Gasteiger partial charge is 0.229 e. The number of hydrogen-bond donors (Lipinski definition) is 1. The lowest BCUT2D eigenvalue weighted by molar-refractivity contribution is 0.431. The third-order valence-corrected chi connectivity index (χ3v) is 7.38. The Morgan fingerprint density at radius 2 is 1.81 bits per heavy atom. The van der Waals surface area contributed by atoms with Crippen LogP contribution in [0.4, 0.5) is 31.9 Å². The topological polar surface area (TPSA) is 60.4 Å². The molecule has 0 bridgehead atoms. The van der Waals surface area contributed by atoms with E-state index in [9.17, 15) is 8.78 Å². The molecule has 36 heavy (non-hydrogen) atoms. The van der Waals surface area contributed by atoms with E-state index in [0.29, 0.717) is 23.5 Å². The third-order valence-electron chi connectivity index (χ3n) is 6.49. The van der Waals surface area contributed by atoms with Crippen LogP contribution in [0.15, 0.2) is 42.7 Å². The molecule has 1 saturated heterocycles. The van der Waals surface area contributed by atoms with Gasteiger partial charge in [-0.1, -0.05) is 24.1 Å². The van der Waals surface area contributed by atoms with Gasteiger partial charge in [0, 0.05) is 55.6 Å². The lowest BCUT2D eigenvalue weighted by Gasteiger charge is -2.34. The van der Waals surface area contributed by atoms with Crippen molar-refractivity contribution in [3.05, 3.63) is 59.9 Å². The van der Waals surface area contributed by atoms with Crippen LogP contribution in [0.3, 0.4) is 0 Å². The van der Waals surface area contributed by atoms with Gasteiger partial charge in [0.1, 0.15) is 17.3 Å². The lowest BCUT2D eigenvalue weighted by Crippen LogP contribution is -2.43. The summed E-state index contributed by atoms with van der Waals surface area (Å²) in [5.41, 5.74) is 2.69. The van der Waals surface area contributed by atoms with Crippen molar-refractivity contribution in [3.8, 4) is 11.3 Å². The summed E-state index contributed by atoms with van der Waals surface area (Å²) in [5, 5.41) is 3.05. The summed E-state index contributed by atoms with van der Waals surface area (Å²) in [6.07, 6.45) is 8.71. The van der Waals surface area contributed by atoms with E-state index in [1.807, 2.05) is 38.3 Å². The molecule has 0 amide bonds. The quantitative estimate of drug-likeness (QED) is 0.455. The molecule has 2 aliphatic rings. The second kappa shape index (κ2) is 10.4. The Morgan fingerprint density at radius 3 is 2.50 bits per heavy atom. The van der Waals surface area contributed by atoms with Crippen LogP contribution < -0.4 is 15.1 Å². The van der Waals surface area contributed by atoms with E-state index in [4.69, 9.17) is 0 Å². The Balaban J connectivity index is 1.37. The highest BCUT2D eigenvalue weighted by Crippen LogP contribution is 2.35. The van der Waals surface area contributed by atoms with Crippen LogP contribution in [-0.2, 0) is 0 Å². The second-order valence-electron chi connectivity index (χ2n) is 9.05. The molecule has 0 unspecified atom stereocenters. The predicted octanol–water partition coefficient (Wildman–Crippen LogP) is 5.20. The number of anilines is 4. The van der Waals surface area contributed by atoms with Crippen molar-refractivity contribution < 1.29 is 8.78 Å². The molecule has 1 aromatic carbocycles. The monoisotopic (exact) mass is 509 g/mol. The molecule has 1 N–H and O–H groups in total. The molecule has 7 nitrogen and oxygen atoms in total. The van der Waals surface area contributed by atoms with E-state index < -0.39 is 11.6 Å². The summed E-state index contributed by atoms with van der Waals surface area (Å²) in [7, 11) is 0. The third kappa shape index (κ3) is 5.01. The maximum atomic E-state index is 15.0. The van der Waals surface area contributed by atoms with Gasteiger partial charge in [-0.05, 0) is 44.4 Å². The van der Waals surface area contributed by atoms with Gasteiger partial charge < -0.3 is 15.1 Å². The van der Waals surface area contributed by atoms with Gasteiger partial charge in [0.05, 0.1) is 18.1 Å². The number of benzene rings is 1. The molecule has 188 valence electrons. The number of hydrogen-bond acceptors (Lipinski definition) is 8. The standard InChI is InChI=1S/C26H29F2N7S/c1-17(2)35-8-4-5-20-21(27)13-18(14-23(20)35)25-22(28)16-30-26(32-25)31-24-7-6-19(15-29-24)33-9-11-34(36-3)12-10-33/h4-7,13-17H,8-12H2,1-3H3,(H,29,30,31,32). The minimum Gasteiger partial charge on any atom is -0.368 e. The van der Waals surface area contributed by atoms with Gasteiger partial charge in [-0.2, -0.15) is 0 Å². The number of nitrogens with zero attached hydrogens (tertiary/aromatic N) is 6. The van der Waals surface area contributed by atoms with E-state index in [1.54, 1.807) is 24.1 Å². The Bertz CT molecular complexity index is 1260.